The van der Waals surface area contributed by atoms with Crippen molar-refractivity contribution in [2.24, 2.45) is 0 Å². The maximum Gasteiger partial charge on any atom is 0.280 e. The van der Waals surface area contributed by atoms with Gasteiger partial charge in [-0.3, -0.25) is 14.9 Å². The molecule has 0 saturated heterocycles. The minimum absolute atomic E-state index is 0.0484. The molecule has 0 N–H and O–H groups in total. The molecule has 6 heteroatoms. The molecule has 0 saturated carbocycles. The third-order valence-electron chi connectivity index (χ3n) is 2.35. The first-order valence-electron chi connectivity index (χ1n) is 5.95. The molecule has 1 rings (SSSR count). The molecule has 0 bridgehead atoms. The number of hydrogen-bond acceptors (Lipinski definition) is 5. The van der Waals surface area contributed by atoms with E-state index in [9.17, 15) is 14.9 Å². The van der Waals surface area contributed by atoms with Gasteiger partial charge in [-0.05, 0) is 32.9 Å². The molecule has 0 atom stereocenters. The maximum absolute atomic E-state index is 11.4. The summed E-state index contributed by atoms with van der Waals surface area (Å²) in [5, 5.41) is 10.8. The second kappa shape index (κ2) is 6.84. The van der Waals surface area contributed by atoms with E-state index in [0.29, 0.717) is 19.0 Å². The van der Waals surface area contributed by atoms with E-state index in [1.165, 1.54) is 25.1 Å². The molecule has 0 aliphatic carbocycles. The van der Waals surface area contributed by atoms with Crippen LogP contribution in [0.1, 0.15) is 31.1 Å². The fourth-order valence-electron chi connectivity index (χ4n) is 1.49. The molecule has 1 aromatic rings. The third kappa shape index (κ3) is 4.67. The van der Waals surface area contributed by atoms with E-state index >= 15 is 0 Å². The second-order valence-electron chi connectivity index (χ2n) is 4.26. The van der Waals surface area contributed by atoms with Gasteiger partial charge in [0.15, 0.2) is 5.78 Å². The Balaban J connectivity index is 2.73. The van der Waals surface area contributed by atoms with Gasteiger partial charge in [-0.1, -0.05) is 0 Å². The number of nitro benzene ring substituents is 1. The Bertz CT molecular complexity index is 470. The fraction of sp³-hybridized carbons (Fsp3) is 0.462. The van der Waals surface area contributed by atoms with Gasteiger partial charge < -0.3 is 9.47 Å². The highest BCUT2D eigenvalue weighted by Crippen LogP contribution is 2.24. The Morgan fingerprint density at radius 1 is 1.37 bits per heavy atom. The average Bonchev–Trinajstić information content (AvgIpc) is 2.33. The van der Waals surface area contributed by atoms with E-state index in [0.717, 1.165) is 0 Å². The van der Waals surface area contributed by atoms with Crippen molar-refractivity contribution in [3.63, 3.8) is 0 Å². The van der Waals surface area contributed by atoms with E-state index in [-0.39, 0.29) is 23.1 Å². The number of benzene rings is 1. The number of hydrogen-bond donors (Lipinski definition) is 0. The van der Waals surface area contributed by atoms with Crippen molar-refractivity contribution < 1.29 is 19.2 Å². The van der Waals surface area contributed by atoms with Gasteiger partial charge in [0, 0.05) is 6.07 Å². The van der Waals surface area contributed by atoms with Crippen LogP contribution < -0.4 is 4.74 Å². The molecule has 1 aromatic carbocycles. The zero-order chi connectivity index (χ0) is 14.4. The lowest BCUT2D eigenvalue weighted by Gasteiger charge is -2.10. The summed E-state index contributed by atoms with van der Waals surface area (Å²) in [5.74, 6) is 0.0544. The molecule has 0 aliphatic heterocycles. The van der Waals surface area contributed by atoms with Crippen LogP contribution in [0.2, 0.25) is 0 Å². The summed E-state index contributed by atoms with van der Waals surface area (Å²) in [7, 11) is 0. The average molecular weight is 267 g/mol. The van der Waals surface area contributed by atoms with Crippen molar-refractivity contribution in [1.82, 2.24) is 0 Å². The van der Waals surface area contributed by atoms with Crippen molar-refractivity contribution in [3.8, 4) is 5.75 Å². The number of nitro groups is 1. The van der Waals surface area contributed by atoms with Crippen LogP contribution in [0.5, 0.6) is 5.75 Å². The molecule has 0 aliphatic rings. The van der Waals surface area contributed by atoms with Gasteiger partial charge in [0.25, 0.3) is 5.69 Å². The summed E-state index contributed by atoms with van der Waals surface area (Å²) in [6.07, 6.45) is 0.119. The van der Waals surface area contributed by atoms with E-state index in [2.05, 4.69) is 0 Å². The maximum atomic E-state index is 11.4. The number of carbonyl (C=O) groups excluding carboxylic acids is 1. The summed E-state index contributed by atoms with van der Waals surface area (Å²) in [5.41, 5.74) is -0.162. The summed E-state index contributed by atoms with van der Waals surface area (Å²) >= 11 is 0. The molecule has 0 amide bonds. The topological polar surface area (TPSA) is 78.7 Å². The summed E-state index contributed by atoms with van der Waals surface area (Å²) in [4.78, 5) is 21.5. The molecule has 0 spiro atoms. The van der Waals surface area contributed by atoms with Gasteiger partial charge in [0.05, 0.1) is 23.2 Å². The van der Waals surface area contributed by atoms with Crippen molar-refractivity contribution >= 4 is 11.5 Å². The highest BCUT2D eigenvalue weighted by molar-refractivity contribution is 5.98. The Morgan fingerprint density at radius 3 is 2.58 bits per heavy atom. The van der Waals surface area contributed by atoms with Crippen molar-refractivity contribution in [1.29, 1.82) is 0 Å². The van der Waals surface area contributed by atoms with Crippen LogP contribution in [0.25, 0.3) is 0 Å². The molecule has 0 radical (unpaired) electrons. The van der Waals surface area contributed by atoms with Gasteiger partial charge >= 0.3 is 0 Å². The lowest BCUT2D eigenvalue weighted by Crippen LogP contribution is -2.11. The zero-order valence-electron chi connectivity index (χ0n) is 11.2. The van der Waals surface area contributed by atoms with Gasteiger partial charge in [0.1, 0.15) is 12.4 Å². The molecular weight excluding hydrogens is 250 g/mol. The van der Waals surface area contributed by atoms with Crippen LogP contribution in [0.3, 0.4) is 0 Å². The standard InChI is InChI=1S/C13H17NO5/c1-9(2)18-6-7-19-11-4-5-13(14(16)17)12(8-11)10(3)15/h4-5,8-9H,6-7H2,1-3H3. The first-order chi connectivity index (χ1) is 8.91. The van der Waals surface area contributed by atoms with Crippen molar-refractivity contribution in [2.75, 3.05) is 13.2 Å². The Hall–Kier alpha value is -1.95. The number of carbonyl (C=O) groups is 1. The van der Waals surface area contributed by atoms with Crippen molar-refractivity contribution in [2.45, 2.75) is 26.9 Å². The Labute approximate surface area is 111 Å². The van der Waals surface area contributed by atoms with E-state index in [1.54, 1.807) is 0 Å². The summed E-state index contributed by atoms with van der Waals surface area (Å²) in [6, 6.07) is 4.13. The van der Waals surface area contributed by atoms with E-state index in [4.69, 9.17) is 9.47 Å². The monoisotopic (exact) mass is 267 g/mol. The first-order valence-corrected chi connectivity index (χ1v) is 5.95. The largest absolute Gasteiger partial charge is 0.491 e. The highest BCUT2D eigenvalue weighted by atomic mass is 16.6. The molecule has 0 unspecified atom stereocenters. The first kappa shape index (κ1) is 15.1. The van der Waals surface area contributed by atoms with Crippen LogP contribution in [-0.4, -0.2) is 30.0 Å². The lowest BCUT2D eigenvalue weighted by atomic mass is 10.1. The molecular formula is C13H17NO5. The number of rotatable bonds is 7. The predicted molar refractivity (Wildman–Crippen MR) is 69.7 cm³/mol. The second-order valence-corrected chi connectivity index (χ2v) is 4.26. The number of ketones is 1. The SMILES string of the molecule is CC(=O)c1cc(OCCOC(C)C)ccc1[N+](=O)[O-]. The van der Waals surface area contributed by atoms with Crippen LogP contribution in [0.4, 0.5) is 5.69 Å². The molecule has 0 aromatic heterocycles. The van der Waals surface area contributed by atoms with Crippen LogP contribution in [-0.2, 0) is 4.74 Å². The smallest absolute Gasteiger partial charge is 0.280 e. The Kier molecular flexibility index (Phi) is 5.44. The highest BCUT2D eigenvalue weighted by Gasteiger charge is 2.17. The molecule has 0 fully saturated rings. The zero-order valence-corrected chi connectivity index (χ0v) is 11.2. The van der Waals surface area contributed by atoms with Gasteiger partial charge in [-0.15, -0.1) is 0 Å². The van der Waals surface area contributed by atoms with Crippen LogP contribution in [0.15, 0.2) is 18.2 Å². The summed E-state index contributed by atoms with van der Waals surface area (Å²) in [6.45, 7) is 5.87. The molecule has 6 nitrogen and oxygen atoms in total. The normalized spacial score (nSPS) is 10.5. The van der Waals surface area contributed by atoms with Crippen LogP contribution in [0, 0.1) is 10.1 Å². The number of ether oxygens (including phenoxy) is 2. The minimum Gasteiger partial charge on any atom is -0.491 e. The third-order valence-corrected chi connectivity index (χ3v) is 2.35. The molecule has 0 heterocycles. The minimum atomic E-state index is -0.581. The number of nitrogens with zero attached hydrogens (tertiary/aromatic N) is 1. The van der Waals surface area contributed by atoms with Gasteiger partial charge in [-0.25, -0.2) is 0 Å². The summed E-state index contributed by atoms with van der Waals surface area (Å²) < 4.78 is 10.7. The molecule has 19 heavy (non-hydrogen) atoms. The van der Waals surface area contributed by atoms with Gasteiger partial charge in [-0.2, -0.15) is 0 Å². The predicted octanol–water partition coefficient (Wildman–Crippen LogP) is 2.60. The van der Waals surface area contributed by atoms with Gasteiger partial charge in [0.2, 0.25) is 0 Å². The number of Topliss-reactive ketones (excluding diaryl/α,β-unsaturated/α-hetero) is 1. The van der Waals surface area contributed by atoms with E-state index in [1.807, 2.05) is 13.8 Å². The van der Waals surface area contributed by atoms with E-state index < -0.39 is 4.92 Å². The van der Waals surface area contributed by atoms with Crippen molar-refractivity contribution in [3.05, 3.63) is 33.9 Å². The van der Waals surface area contributed by atoms with Crippen LogP contribution >= 0.6 is 0 Å². The quantitative estimate of drug-likeness (QED) is 0.328. The fourth-order valence-corrected chi connectivity index (χ4v) is 1.49. The molecule has 104 valence electrons. The lowest BCUT2D eigenvalue weighted by molar-refractivity contribution is -0.385. The Morgan fingerprint density at radius 2 is 2.05 bits per heavy atom.